The van der Waals surface area contributed by atoms with Crippen LogP contribution in [0, 0.1) is 16.7 Å². The maximum Gasteiger partial charge on any atom is 0.326 e. The monoisotopic (exact) mass is 210 g/mol. The van der Waals surface area contributed by atoms with Crippen LogP contribution in [-0.4, -0.2) is 37.1 Å². The van der Waals surface area contributed by atoms with Crippen LogP contribution in [0.15, 0.2) is 0 Å². The molecule has 0 aliphatic carbocycles. The minimum atomic E-state index is -0.887. The lowest BCUT2D eigenvalue weighted by Crippen LogP contribution is -2.44. The summed E-state index contributed by atoms with van der Waals surface area (Å²) in [6.07, 6.45) is 1.19. The summed E-state index contributed by atoms with van der Waals surface area (Å²) < 4.78 is 4.96. The van der Waals surface area contributed by atoms with Gasteiger partial charge in [-0.1, -0.05) is 6.92 Å². The molecule has 0 atom stereocenters. The van der Waals surface area contributed by atoms with Gasteiger partial charge in [-0.2, -0.15) is 5.26 Å². The van der Waals surface area contributed by atoms with Gasteiger partial charge in [0.15, 0.2) is 5.41 Å². The molecule has 84 valence electrons. The van der Waals surface area contributed by atoms with E-state index in [0.717, 1.165) is 19.6 Å². The molecule has 0 radical (unpaired) electrons. The SMILES string of the molecule is CCOC(=O)C1(C#N)CCN(CC)CC1. The molecule has 0 unspecified atom stereocenters. The normalized spacial score (nSPS) is 20.6. The molecule has 1 aliphatic heterocycles. The van der Waals surface area contributed by atoms with Gasteiger partial charge < -0.3 is 9.64 Å². The number of hydrogen-bond donors (Lipinski definition) is 0. The van der Waals surface area contributed by atoms with Gasteiger partial charge in [0.1, 0.15) is 0 Å². The van der Waals surface area contributed by atoms with Crippen molar-refractivity contribution in [3.8, 4) is 6.07 Å². The van der Waals surface area contributed by atoms with Crippen LogP contribution in [0.1, 0.15) is 26.7 Å². The van der Waals surface area contributed by atoms with E-state index >= 15 is 0 Å². The van der Waals surface area contributed by atoms with E-state index in [-0.39, 0.29) is 5.97 Å². The smallest absolute Gasteiger partial charge is 0.326 e. The van der Waals surface area contributed by atoms with Crippen LogP contribution in [0.5, 0.6) is 0 Å². The minimum Gasteiger partial charge on any atom is -0.465 e. The van der Waals surface area contributed by atoms with Crippen molar-refractivity contribution >= 4 is 5.97 Å². The number of nitrogens with zero attached hydrogens (tertiary/aromatic N) is 2. The number of esters is 1. The highest BCUT2D eigenvalue weighted by Gasteiger charge is 2.42. The Balaban J connectivity index is 2.65. The van der Waals surface area contributed by atoms with E-state index in [2.05, 4.69) is 17.9 Å². The molecule has 1 saturated heterocycles. The molecule has 1 rings (SSSR count). The van der Waals surface area contributed by atoms with Gasteiger partial charge in [0.25, 0.3) is 0 Å². The third kappa shape index (κ3) is 2.48. The summed E-state index contributed by atoms with van der Waals surface area (Å²) in [6, 6.07) is 2.15. The Kier molecular flexibility index (Phi) is 4.10. The van der Waals surface area contributed by atoms with E-state index in [1.165, 1.54) is 0 Å². The van der Waals surface area contributed by atoms with E-state index in [1.807, 2.05) is 0 Å². The molecule has 15 heavy (non-hydrogen) atoms. The average Bonchev–Trinajstić information content (AvgIpc) is 2.29. The van der Waals surface area contributed by atoms with E-state index < -0.39 is 5.41 Å². The average molecular weight is 210 g/mol. The van der Waals surface area contributed by atoms with Gasteiger partial charge in [0, 0.05) is 13.1 Å². The molecule has 4 heteroatoms. The van der Waals surface area contributed by atoms with Crippen molar-refractivity contribution in [3.05, 3.63) is 0 Å². The molecule has 0 saturated carbocycles. The van der Waals surface area contributed by atoms with Gasteiger partial charge >= 0.3 is 5.97 Å². The highest BCUT2D eigenvalue weighted by molar-refractivity contribution is 5.80. The van der Waals surface area contributed by atoms with E-state index in [4.69, 9.17) is 10.00 Å². The minimum absolute atomic E-state index is 0.344. The maximum absolute atomic E-state index is 11.7. The van der Waals surface area contributed by atoms with Crippen LogP contribution in [0.3, 0.4) is 0 Å². The van der Waals surface area contributed by atoms with Crippen LogP contribution in [0.2, 0.25) is 0 Å². The Morgan fingerprint density at radius 1 is 1.47 bits per heavy atom. The highest BCUT2D eigenvalue weighted by Crippen LogP contribution is 2.32. The summed E-state index contributed by atoms with van der Waals surface area (Å²) in [6.45, 7) is 6.80. The summed E-state index contributed by atoms with van der Waals surface area (Å²) in [5.74, 6) is -0.344. The zero-order valence-electron chi connectivity index (χ0n) is 9.45. The molecule has 0 bridgehead atoms. The first kappa shape index (κ1) is 12.0. The van der Waals surface area contributed by atoms with E-state index in [0.29, 0.717) is 19.4 Å². The molecule has 0 amide bonds. The Morgan fingerprint density at radius 3 is 2.47 bits per heavy atom. The molecule has 0 aromatic rings. The van der Waals surface area contributed by atoms with Crippen LogP contribution in [0.4, 0.5) is 0 Å². The number of carbonyl (C=O) groups excluding carboxylic acids is 1. The van der Waals surface area contributed by atoms with Crippen molar-refractivity contribution in [2.45, 2.75) is 26.7 Å². The lowest BCUT2D eigenvalue weighted by atomic mass is 9.80. The molecule has 0 spiro atoms. The first-order valence-corrected chi connectivity index (χ1v) is 5.49. The van der Waals surface area contributed by atoms with Gasteiger partial charge in [-0.25, -0.2) is 0 Å². The fourth-order valence-corrected chi connectivity index (χ4v) is 1.88. The maximum atomic E-state index is 11.7. The summed E-state index contributed by atoms with van der Waals surface area (Å²) >= 11 is 0. The van der Waals surface area contributed by atoms with Gasteiger partial charge in [0.05, 0.1) is 12.7 Å². The van der Waals surface area contributed by atoms with Crippen molar-refractivity contribution < 1.29 is 9.53 Å². The fourth-order valence-electron chi connectivity index (χ4n) is 1.88. The first-order valence-electron chi connectivity index (χ1n) is 5.49. The largest absolute Gasteiger partial charge is 0.465 e. The number of rotatable bonds is 3. The van der Waals surface area contributed by atoms with Gasteiger partial charge in [-0.3, -0.25) is 4.79 Å². The number of ether oxygens (including phenoxy) is 1. The van der Waals surface area contributed by atoms with Crippen LogP contribution in [-0.2, 0) is 9.53 Å². The van der Waals surface area contributed by atoms with E-state index in [9.17, 15) is 4.79 Å². The van der Waals surface area contributed by atoms with Crippen molar-refractivity contribution in [1.82, 2.24) is 4.90 Å². The van der Waals surface area contributed by atoms with Crippen molar-refractivity contribution in [3.63, 3.8) is 0 Å². The fraction of sp³-hybridized carbons (Fsp3) is 0.818. The quantitative estimate of drug-likeness (QED) is 0.656. The second-order valence-corrected chi connectivity index (χ2v) is 3.85. The van der Waals surface area contributed by atoms with Crippen LogP contribution in [0.25, 0.3) is 0 Å². The van der Waals surface area contributed by atoms with Gasteiger partial charge in [0.2, 0.25) is 0 Å². The summed E-state index contributed by atoms with van der Waals surface area (Å²) in [4.78, 5) is 13.9. The standard InChI is InChI=1S/C11H18N2O2/c1-3-13-7-5-11(9-12,6-8-13)10(14)15-4-2/h3-8H2,1-2H3. The predicted molar refractivity (Wildman–Crippen MR) is 56.0 cm³/mol. The summed E-state index contributed by atoms with van der Waals surface area (Å²) in [5.41, 5.74) is -0.887. The third-order valence-corrected chi connectivity index (χ3v) is 3.04. The molecule has 0 aromatic heterocycles. The number of piperidine rings is 1. The van der Waals surface area contributed by atoms with Crippen molar-refractivity contribution in [2.75, 3.05) is 26.2 Å². The Morgan fingerprint density at radius 2 is 2.07 bits per heavy atom. The summed E-state index contributed by atoms with van der Waals surface area (Å²) in [5, 5.41) is 9.13. The number of carbonyl (C=O) groups is 1. The zero-order valence-corrected chi connectivity index (χ0v) is 9.45. The van der Waals surface area contributed by atoms with Gasteiger partial charge in [-0.05, 0) is 26.3 Å². The zero-order chi connectivity index (χ0) is 11.3. The highest BCUT2D eigenvalue weighted by atomic mass is 16.5. The lowest BCUT2D eigenvalue weighted by Gasteiger charge is -2.34. The molecular weight excluding hydrogens is 192 g/mol. The second kappa shape index (κ2) is 5.13. The van der Waals surface area contributed by atoms with Crippen LogP contribution < -0.4 is 0 Å². The number of hydrogen-bond acceptors (Lipinski definition) is 4. The van der Waals surface area contributed by atoms with Crippen molar-refractivity contribution in [2.24, 2.45) is 5.41 Å². The van der Waals surface area contributed by atoms with Gasteiger partial charge in [-0.15, -0.1) is 0 Å². The van der Waals surface area contributed by atoms with Crippen molar-refractivity contribution in [1.29, 1.82) is 5.26 Å². The molecule has 0 aromatic carbocycles. The topological polar surface area (TPSA) is 53.3 Å². The van der Waals surface area contributed by atoms with E-state index in [1.54, 1.807) is 6.92 Å². The molecular formula is C11H18N2O2. The molecule has 1 heterocycles. The number of likely N-dealkylation sites (tertiary alicyclic amines) is 1. The Labute approximate surface area is 90.8 Å². The lowest BCUT2D eigenvalue weighted by molar-refractivity contribution is -0.154. The van der Waals surface area contributed by atoms with Crippen LogP contribution >= 0.6 is 0 Å². The molecule has 4 nitrogen and oxygen atoms in total. The Bertz CT molecular complexity index is 262. The number of nitriles is 1. The molecule has 1 aliphatic rings. The predicted octanol–water partition coefficient (Wildman–Crippen LogP) is 1.18. The summed E-state index contributed by atoms with van der Waals surface area (Å²) in [7, 11) is 0. The third-order valence-electron chi connectivity index (χ3n) is 3.04. The molecule has 1 fully saturated rings. The second-order valence-electron chi connectivity index (χ2n) is 3.85. The Hall–Kier alpha value is -1.08. The first-order chi connectivity index (χ1) is 7.18. The molecule has 0 N–H and O–H groups in total.